The molecule has 0 aromatic rings. The number of aliphatic carboxylic acids is 1. The molecule has 0 aromatic carbocycles. The molecule has 0 fully saturated rings. The maximum Gasteiger partial charge on any atom is 0.327 e. The highest BCUT2D eigenvalue weighted by atomic mass is 16.4. The van der Waals surface area contributed by atoms with Gasteiger partial charge in [0.05, 0.1) is 0 Å². The zero-order valence-electron chi connectivity index (χ0n) is 6.50. The molecule has 0 heterocycles. The fraction of sp³-hybridized carbons (Fsp3) is 0.625. The molecule has 2 nitrogen and oxygen atoms in total. The van der Waals surface area contributed by atoms with Crippen LogP contribution in [0.4, 0.5) is 0 Å². The fourth-order valence-corrected chi connectivity index (χ4v) is 0.614. The van der Waals surface area contributed by atoms with Crippen LogP contribution in [0, 0.1) is 5.92 Å². The Morgan fingerprint density at radius 1 is 1.60 bits per heavy atom. The highest BCUT2D eigenvalue weighted by molar-refractivity contribution is 5.79. The van der Waals surface area contributed by atoms with Crippen molar-refractivity contribution in [2.24, 2.45) is 5.92 Å². The van der Waals surface area contributed by atoms with Crippen LogP contribution in [0.15, 0.2) is 12.2 Å². The van der Waals surface area contributed by atoms with Gasteiger partial charge in [0, 0.05) is 6.08 Å². The van der Waals surface area contributed by atoms with E-state index < -0.39 is 5.97 Å². The van der Waals surface area contributed by atoms with E-state index >= 15 is 0 Å². The quantitative estimate of drug-likeness (QED) is 0.610. The Morgan fingerprint density at radius 2 is 2.20 bits per heavy atom. The normalized spacial score (nSPS) is 11.1. The van der Waals surface area contributed by atoms with Crippen molar-refractivity contribution >= 4 is 5.97 Å². The van der Waals surface area contributed by atoms with Crippen LogP contribution in [-0.4, -0.2) is 11.1 Å². The lowest BCUT2D eigenvalue weighted by Crippen LogP contribution is -1.87. The van der Waals surface area contributed by atoms with Crippen molar-refractivity contribution < 1.29 is 9.90 Å². The van der Waals surface area contributed by atoms with E-state index in [4.69, 9.17) is 5.11 Å². The molecule has 0 saturated carbocycles. The van der Waals surface area contributed by atoms with Gasteiger partial charge in [-0.1, -0.05) is 19.9 Å². The number of carboxylic acids is 1. The summed E-state index contributed by atoms with van der Waals surface area (Å²) in [7, 11) is 0. The Hall–Kier alpha value is -0.790. The standard InChI is InChI=1S/C8H14O2/c1-7(2)5-3-4-6-8(9)10/h4,6-7H,3,5H2,1-2H3,(H,9,10)/b6-4+. The molecule has 0 rings (SSSR count). The van der Waals surface area contributed by atoms with Gasteiger partial charge >= 0.3 is 5.97 Å². The summed E-state index contributed by atoms with van der Waals surface area (Å²) in [6.45, 7) is 4.24. The average Bonchev–Trinajstić information content (AvgIpc) is 1.79. The second kappa shape index (κ2) is 5.03. The molecular formula is C8H14O2. The van der Waals surface area contributed by atoms with Crippen LogP contribution < -0.4 is 0 Å². The lowest BCUT2D eigenvalue weighted by atomic mass is 10.1. The molecule has 0 aliphatic rings. The van der Waals surface area contributed by atoms with Crippen LogP contribution in [0.25, 0.3) is 0 Å². The zero-order chi connectivity index (χ0) is 7.98. The molecule has 0 aromatic heterocycles. The summed E-state index contributed by atoms with van der Waals surface area (Å²) in [4.78, 5) is 9.96. The van der Waals surface area contributed by atoms with E-state index in [1.807, 2.05) is 0 Å². The van der Waals surface area contributed by atoms with E-state index in [1.54, 1.807) is 6.08 Å². The van der Waals surface area contributed by atoms with E-state index in [0.29, 0.717) is 5.92 Å². The average molecular weight is 142 g/mol. The van der Waals surface area contributed by atoms with Crippen LogP contribution in [-0.2, 0) is 4.79 Å². The third-order valence-corrected chi connectivity index (χ3v) is 1.17. The molecule has 2 heteroatoms. The maximum atomic E-state index is 9.96. The summed E-state index contributed by atoms with van der Waals surface area (Å²) in [6.07, 6.45) is 4.82. The third kappa shape index (κ3) is 7.21. The number of hydrogen-bond donors (Lipinski definition) is 1. The van der Waals surface area contributed by atoms with Crippen molar-refractivity contribution in [1.82, 2.24) is 0 Å². The van der Waals surface area contributed by atoms with E-state index in [0.717, 1.165) is 12.8 Å². The summed E-state index contributed by atoms with van der Waals surface area (Å²) in [6, 6.07) is 0. The summed E-state index contributed by atoms with van der Waals surface area (Å²) in [5.74, 6) is -0.206. The predicted octanol–water partition coefficient (Wildman–Crippen LogP) is 2.06. The number of allylic oxidation sites excluding steroid dienone is 1. The molecule has 0 radical (unpaired) electrons. The molecule has 58 valence electrons. The summed E-state index contributed by atoms with van der Waals surface area (Å²) < 4.78 is 0. The van der Waals surface area contributed by atoms with Crippen molar-refractivity contribution in [3.05, 3.63) is 12.2 Å². The number of carboxylic acid groups (broad SMARTS) is 1. The molecule has 1 N–H and O–H groups in total. The fourth-order valence-electron chi connectivity index (χ4n) is 0.614. The molecule has 0 unspecified atom stereocenters. The molecular weight excluding hydrogens is 128 g/mol. The highest BCUT2D eigenvalue weighted by Crippen LogP contribution is 2.03. The predicted molar refractivity (Wildman–Crippen MR) is 40.8 cm³/mol. The van der Waals surface area contributed by atoms with Gasteiger partial charge in [0.1, 0.15) is 0 Å². The molecule has 0 saturated heterocycles. The molecule has 0 amide bonds. The molecule has 0 atom stereocenters. The topological polar surface area (TPSA) is 37.3 Å². The second-order valence-corrected chi connectivity index (χ2v) is 2.71. The van der Waals surface area contributed by atoms with Gasteiger partial charge in [-0.25, -0.2) is 4.79 Å². The number of hydrogen-bond acceptors (Lipinski definition) is 1. The zero-order valence-corrected chi connectivity index (χ0v) is 6.50. The van der Waals surface area contributed by atoms with E-state index in [2.05, 4.69) is 13.8 Å². The van der Waals surface area contributed by atoms with E-state index in [-0.39, 0.29) is 0 Å². The first-order valence-corrected chi connectivity index (χ1v) is 3.52. The lowest BCUT2D eigenvalue weighted by Gasteiger charge is -1.97. The number of rotatable bonds is 4. The van der Waals surface area contributed by atoms with Gasteiger partial charge in [-0.15, -0.1) is 0 Å². The van der Waals surface area contributed by atoms with Gasteiger partial charge in [-0.3, -0.25) is 0 Å². The lowest BCUT2D eigenvalue weighted by molar-refractivity contribution is -0.131. The Kier molecular flexibility index (Phi) is 4.63. The van der Waals surface area contributed by atoms with E-state index in [1.165, 1.54) is 6.08 Å². The molecule has 0 bridgehead atoms. The first-order chi connectivity index (χ1) is 4.63. The Balaban J connectivity index is 3.27. The van der Waals surface area contributed by atoms with Gasteiger partial charge < -0.3 is 5.11 Å². The largest absolute Gasteiger partial charge is 0.478 e. The number of carbonyl (C=O) groups is 1. The second-order valence-electron chi connectivity index (χ2n) is 2.71. The monoisotopic (exact) mass is 142 g/mol. The van der Waals surface area contributed by atoms with Crippen LogP contribution in [0.3, 0.4) is 0 Å². The van der Waals surface area contributed by atoms with Crippen LogP contribution >= 0.6 is 0 Å². The molecule has 0 aliphatic heterocycles. The van der Waals surface area contributed by atoms with E-state index in [9.17, 15) is 4.79 Å². The first-order valence-electron chi connectivity index (χ1n) is 3.52. The summed E-state index contributed by atoms with van der Waals surface area (Å²) >= 11 is 0. The molecule has 0 spiro atoms. The van der Waals surface area contributed by atoms with Crippen molar-refractivity contribution in [3.63, 3.8) is 0 Å². The Bertz CT molecular complexity index is 125. The smallest absolute Gasteiger partial charge is 0.327 e. The summed E-state index contributed by atoms with van der Waals surface area (Å²) in [5.41, 5.74) is 0. The molecule has 10 heavy (non-hydrogen) atoms. The summed E-state index contributed by atoms with van der Waals surface area (Å²) in [5, 5.41) is 8.19. The minimum Gasteiger partial charge on any atom is -0.478 e. The van der Waals surface area contributed by atoms with Gasteiger partial charge in [-0.2, -0.15) is 0 Å². The van der Waals surface area contributed by atoms with Gasteiger partial charge in [0.25, 0.3) is 0 Å². The first kappa shape index (κ1) is 9.21. The van der Waals surface area contributed by atoms with Gasteiger partial charge in [0.15, 0.2) is 0 Å². The highest BCUT2D eigenvalue weighted by Gasteiger charge is 1.90. The van der Waals surface area contributed by atoms with Gasteiger partial charge in [0.2, 0.25) is 0 Å². The van der Waals surface area contributed by atoms with Crippen LogP contribution in [0.1, 0.15) is 26.7 Å². The SMILES string of the molecule is CC(C)CC/C=C/C(=O)O. The van der Waals surface area contributed by atoms with Crippen molar-refractivity contribution in [1.29, 1.82) is 0 Å². The van der Waals surface area contributed by atoms with Crippen molar-refractivity contribution in [3.8, 4) is 0 Å². The third-order valence-electron chi connectivity index (χ3n) is 1.17. The Morgan fingerprint density at radius 3 is 2.60 bits per heavy atom. The Labute approximate surface area is 61.6 Å². The van der Waals surface area contributed by atoms with Gasteiger partial charge in [-0.05, 0) is 18.8 Å². The van der Waals surface area contributed by atoms with Crippen LogP contribution in [0.2, 0.25) is 0 Å². The maximum absolute atomic E-state index is 9.96. The molecule has 0 aliphatic carbocycles. The van der Waals surface area contributed by atoms with Crippen LogP contribution in [0.5, 0.6) is 0 Å². The van der Waals surface area contributed by atoms with Crippen molar-refractivity contribution in [2.45, 2.75) is 26.7 Å². The minimum atomic E-state index is -0.858. The minimum absolute atomic E-state index is 0.651. The van der Waals surface area contributed by atoms with Crippen molar-refractivity contribution in [2.75, 3.05) is 0 Å².